The Morgan fingerprint density at radius 1 is 0.878 bits per heavy atom. The van der Waals surface area contributed by atoms with Gasteiger partial charge >= 0.3 is 0 Å². The highest BCUT2D eigenvalue weighted by atomic mass is 79.9. The molecule has 7 aromatic rings. The summed E-state index contributed by atoms with van der Waals surface area (Å²) in [5, 5.41) is 11.5. The van der Waals surface area contributed by atoms with E-state index in [4.69, 9.17) is 25.7 Å². The number of thiophene rings is 2. The van der Waals surface area contributed by atoms with E-state index in [2.05, 4.69) is 69.9 Å². The lowest BCUT2D eigenvalue weighted by Gasteiger charge is -2.15. The van der Waals surface area contributed by atoms with Gasteiger partial charge in [0.2, 0.25) is 5.91 Å². The van der Waals surface area contributed by atoms with E-state index in [0.717, 1.165) is 46.2 Å². The predicted octanol–water partition coefficient (Wildman–Crippen LogP) is 7.69. The number of carbonyl (C=O) groups is 1. The first-order valence-corrected chi connectivity index (χ1v) is 18.5. The second kappa shape index (κ2) is 14.6. The lowest BCUT2D eigenvalue weighted by molar-refractivity contribution is -0.114. The van der Waals surface area contributed by atoms with Crippen LogP contribution in [0.5, 0.6) is 0 Å². The molecule has 0 aliphatic rings. The molecule has 0 radical (unpaired) electrons. The second-order valence-corrected chi connectivity index (χ2v) is 15.2. The number of anilines is 3. The lowest BCUT2D eigenvalue weighted by atomic mass is 10.1. The fraction of sp³-hybridized carbons (Fsp3) is 0.147. The number of amides is 1. The zero-order valence-electron chi connectivity index (χ0n) is 25.9. The monoisotopic (exact) mass is 814 g/mol. The van der Waals surface area contributed by atoms with Crippen molar-refractivity contribution in [1.29, 1.82) is 0 Å². The third-order valence-electron chi connectivity index (χ3n) is 7.59. The molecular weight excluding hydrogens is 788 g/mol. The number of fused-ring (bicyclic) bond motifs is 2. The van der Waals surface area contributed by atoms with Crippen molar-refractivity contribution in [2.24, 2.45) is 5.73 Å². The van der Waals surface area contributed by atoms with E-state index in [0.29, 0.717) is 41.2 Å². The van der Waals surface area contributed by atoms with Gasteiger partial charge in [0.15, 0.2) is 11.6 Å². The fourth-order valence-electron chi connectivity index (χ4n) is 5.16. The molecule has 0 bridgehead atoms. The van der Waals surface area contributed by atoms with Crippen LogP contribution < -0.4 is 21.7 Å². The summed E-state index contributed by atoms with van der Waals surface area (Å²) in [7, 11) is 0. The van der Waals surface area contributed by atoms with Gasteiger partial charge in [-0.25, -0.2) is 24.9 Å². The van der Waals surface area contributed by atoms with Crippen molar-refractivity contribution < 1.29 is 4.79 Å². The first-order chi connectivity index (χ1) is 23.8. The maximum Gasteiger partial charge on any atom is 0.244 e. The van der Waals surface area contributed by atoms with E-state index in [1.165, 1.54) is 16.9 Å². The molecule has 6 aromatic heterocycles. The number of carbonyl (C=O) groups excluding carboxylic acids is 1. The molecule has 5 N–H and O–H groups in total. The Morgan fingerprint density at radius 3 is 2.39 bits per heavy atom. The molecule has 0 fully saturated rings. The quantitative estimate of drug-likeness (QED) is 0.102. The maximum absolute atomic E-state index is 13.2. The zero-order chi connectivity index (χ0) is 33.9. The van der Waals surface area contributed by atoms with Crippen molar-refractivity contribution >= 4 is 98.3 Å². The molecule has 6 heterocycles. The van der Waals surface area contributed by atoms with Crippen LogP contribution in [0.2, 0.25) is 0 Å². The molecule has 7 rings (SSSR count). The Labute approximate surface area is 306 Å². The van der Waals surface area contributed by atoms with Crippen molar-refractivity contribution in [3.63, 3.8) is 0 Å². The van der Waals surface area contributed by atoms with Crippen LogP contribution in [-0.4, -0.2) is 54.9 Å². The average molecular weight is 817 g/mol. The number of aryl methyl sites for hydroxylation is 1. The summed E-state index contributed by atoms with van der Waals surface area (Å²) in [6.07, 6.45) is 5.75. The largest absolute Gasteiger partial charge is 0.367 e. The number of aromatic nitrogens is 6. The standard InChI is InChI=1S/C34H28Br2N10OS2/c1-18-26-29(49-30(18)36)34(40-15-22(37)13-19-5-3-2-4-6-19)46-32(43-26)21-9-12-39-24(14-21)42-25(47)16-41-33-28-27(23(35)17-48-28)44-31(45-33)20-7-10-38-11-8-20/h2-12,14,17,22H,13,15-16,37H2,1H3,(H,39,42,47)(H,40,43,46)(H,41,44,45). The number of pyridine rings is 2. The van der Waals surface area contributed by atoms with E-state index in [-0.39, 0.29) is 18.5 Å². The first kappa shape index (κ1) is 33.1. The van der Waals surface area contributed by atoms with Crippen molar-refractivity contribution in [2.45, 2.75) is 19.4 Å². The molecule has 1 aromatic carbocycles. The van der Waals surface area contributed by atoms with E-state index in [1.54, 1.807) is 36.0 Å². The van der Waals surface area contributed by atoms with Crippen LogP contribution in [-0.2, 0) is 11.2 Å². The number of hydrogen-bond acceptors (Lipinski definition) is 12. The average Bonchev–Trinajstić information content (AvgIpc) is 3.64. The van der Waals surface area contributed by atoms with Crippen LogP contribution in [0.4, 0.5) is 17.5 Å². The molecule has 1 atom stereocenters. The fourth-order valence-corrected chi connectivity index (χ4v) is 8.30. The Bertz CT molecular complexity index is 2280. The van der Waals surface area contributed by atoms with Crippen LogP contribution in [0.15, 0.2) is 86.8 Å². The zero-order valence-corrected chi connectivity index (χ0v) is 30.8. The summed E-state index contributed by atoms with van der Waals surface area (Å²) in [4.78, 5) is 40.9. The van der Waals surface area contributed by atoms with Crippen LogP contribution in [0.1, 0.15) is 11.1 Å². The van der Waals surface area contributed by atoms with Gasteiger partial charge in [-0.1, -0.05) is 30.3 Å². The molecule has 1 amide bonds. The molecule has 0 saturated heterocycles. The molecule has 0 aliphatic carbocycles. The van der Waals surface area contributed by atoms with E-state index >= 15 is 0 Å². The minimum absolute atomic E-state index is 0.0365. The first-order valence-electron chi connectivity index (χ1n) is 15.2. The van der Waals surface area contributed by atoms with Gasteiger partial charge in [-0.3, -0.25) is 9.78 Å². The number of nitrogens with two attached hydrogens (primary N) is 1. The van der Waals surface area contributed by atoms with Gasteiger partial charge in [-0.05, 0) is 75.0 Å². The Balaban J connectivity index is 1.08. The number of halogens is 2. The van der Waals surface area contributed by atoms with Gasteiger partial charge in [0.05, 0.1) is 29.7 Å². The van der Waals surface area contributed by atoms with E-state index in [9.17, 15) is 4.79 Å². The normalized spacial score (nSPS) is 11.9. The summed E-state index contributed by atoms with van der Waals surface area (Å²) in [6, 6.07) is 17.3. The van der Waals surface area contributed by atoms with Crippen molar-refractivity contribution in [3.05, 3.63) is 98.0 Å². The Kier molecular flexibility index (Phi) is 9.86. The minimum Gasteiger partial charge on any atom is -0.367 e. The molecule has 1 unspecified atom stereocenters. The second-order valence-electron chi connectivity index (χ2n) is 11.1. The van der Waals surface area contributed by atoms with E-state index in [1.807, 2.05) is 48.7 Å². The summed E-state index contributed by atoms with van der Waals surface area (Å²) in [5.74, 6) is 2.39. The third kappa shape index (κ3) is 7.45. The van der Waals surface area contributed by atoms with Gasteiger partial charge < -0.3 is 21.7 Å². The third-order valence-corrected chi connectivity index (χ3v) is 11.6. The predicted molar refractivity (Wildman–Crippen MR) is 205 cm³/mol. The van der Waals surface area contributed by atoms with Crippen molar-refractivity contribution in [1.82, 2.24) is 29.9 Å². The molecule has 0 saturated carbocycles. The SMILES string of the molecule is Cc1c(Br)sc2c(NCC(N)Cc3ccccc3)nc(-c3ccnc(NC(=O)CNc4nc(-c5ccncc5)nc5c(Br)csc45)c3)nc12. The molecule has 49 heavy (non-hydrogen) atoms. The molecule has 0 spiro atoms. The maximum atomic E-state index is 13.2. The number of nitrogens with one attached hydrogen (secondary N) is 3. The molecule has 11 nitrogen and oxygen atoms in total. The van der Waals surface area contributed by atoms with Crippen LogP contribution in [0, 0.1) is 6.92 Å². The summed E-state index contributed by atoms with van der Waals surface area (Å²) >= 11 is 10.3. The topological polar surface area (TPSA) is 157 Å². The van der Waals surface area contributed by atoms with Crippen LogP contribution in [0.3, 0.4) is 0 Å². The lowest BCUT2D eigenvalue weighted by Crippen LogP contribution is -2.31. The minimum atomic E-state index is -0.291. The smallest absolute Gasteiger partial charge is 0.244 e. The van der Waals surface area contributed by atoms with E-state index < -0.39 is 0 Å². The summed E-state index contributed by atoms with van der Waals surface area (Å²) in [5.41, 5.74) is 11.8. The molecule has 246 valence electrons. The summed E-state index contributed by atoms with van der Waals surface area (Å²) in [6.45, 7) is 2.52. The molecular formula is C34H28Br2N10OS2. The van der Waals surface area contributed by atoms with Crippen LogP contribution >= 0.6 is 54.5 Å². The number of nitrogens with zero attached hydrogens (tertiary/aromatic N) is 6. The highest BCUT2D eigenvalue weighted by Gasteiger charge is 2.18. The van der Waals surface area contributed by atoms with Crippen LogP contribution in [0.25, 0.3) is 43.2 Å². The van der Waals surface area contributed by atoms with Crippen molar-refractivity contribution in [2.75, 3.05) is 29.0 Å². The Morgan fingerprint density at radius 2 is 1.59 bits per heavy atom. The number of benzene rings is 1. The van der Waals surface area contributed by atoms with Gasteiger partial charge in [0.25, 0.3) is 0 Å². The van der Waals surface area contributed by atoms with Gasteiger partial charge in [0.1, 0.15) is 23.0 Å². The van der Waals surface area contributed by atoms with Gasteiger partial charge in [0, 0.05) is 53.2 Å². The highest BCUT2D eigenvalue weighted by Crippen LogP contribution is 2.39. The number of hydrogen-bond donors (Lipinski definition) is 4. The Hall–Kier alpha value is -4.41. The van der Waals surface area contributed by atoms with Crippen molar-refractivity contribution in [3.8, 4) is 22.8 Å². The molecule has 0 aliphatic heterocycles. The van der Waals surface area contributed by atoms with Gasteiger partial charge in [-0.15, -0.1) is 22.7 Å². The number of rotatable bonds is 11. The molecule has 15 heteroatoms. The highest BCUT2D eigenvalue weighted by molar-refractivity contribution is 9.11. The summed E-state index contributed by atoms with van der Waals surface area (Å²) < 4.78 is 3.63. The van der Waals surface area contributed by atoms with Gasteiger partial charge in [-0.2, -0.15) is 0 Å².